The lowest BCUT2D eigenvalue weighted by Crippen LogP contribution is -2.18. The molecule has 6 heteroatoms. The van der Waals surface area contributed by atoms with Crippen LogP contribution in [0.3, 0.4) is 0 Å². The highest BCUT2D eigenvalue weighted by Gasteiger charge is 2.19. The molecule has 0 spiro atoms. The fourth-order valence-corrected chi connectivity index (χ4v) is 3.07. The third kappa shape index (κ3) is 3.17. The second-order valence-corrected chi connectivity index (χ2v) is 6.03. The predicted octanol–water partition coefficient (Wildman–Crippen LogP) is 4.68. The average Bonchev–Trinajstić information content (AvgIpc) is 3.26. The van der Waals surface area contributed by atoms with E-state index < -0.39 is 0 Å². The van der Waals surface area contributed by atoms with E-state index in [0.717, 1.165) is 5.52 Å². The lowest BCUT2D eigenvalue weighted by Gasteiger charge is -2.13. The zero-order valence-electron chi connectivity index (χ0n) is 14.6. The van der Waals surface area contributed by atoms with E-state index in [4.69, 9.17) is 9.15 Å². The molecule has 4 aromatic rings. The Bertz CT molecular complexity index is 1110. The van der Waals surface area contributed by atoms with Gasteiger partial charge < -0.3 is 19.0 Å². The van der Waals surface area contributed by atoms with E-state index in [1.165, 1.54) is 6.07 Å². The molecule has 0 saturated heterocycles. The highest BCUT2D eigenvalue weighted by Crippen LogP contribution is 2.27. The fraction of sp³-hybridized carbons (Fsp3) is 0.0952. The maximum atomic E-state index is 14.1. The van der Waals surface area contributed by atoms with Crippen LogP contribution in [0.2, 0.25) is 0 Å². The minimum absolute atomic E-state index is 0.213. The number of rotatable bonds is 5. The van der Waals surface area contributed by atoms with Crippen LogP contribution >= 0.6 is 0 Å². The molecule has 27 heavy (non-hydrogen) atoms. The summed E-state index contributed by atoms with van der Waals surface area (Å²) in [5.41, 5.74) is 2.71. The van der Waals surface area contributed by atoms with Gasteiger partial charge in [-0.05, 0) is 18.2 Å². The standard InChI is InChI=1S/C21H17FN2O3/c1-26-19-9-5-4-8-16(19)23-21(25)18-12-20-17(10-11-27-20)24(18)13-14-6-2-3-7-15(14)22/h2-12H,13H2,1H3,(H,23,25). The Morgan fingerprint density at radius 3 is 2.74 bits per heavy atom. The first-order chi connectivity index (χ1) is 13.2. The van der Waals surface area contributed by atoms with E-state index in [0.29, 0.717) is 28.3 Å². The smallest absolute Gasteiger partial charge is 0.272 e. The molecular formula is C21H17FN2O3. The van der Waals surface area contributed by atoms with Gasteiger partial charge in [-0.3, -0.25) is 4.79 Å². The molecule has 2 aromatic carbocycles. The van der Waals surface area contributed by atoms with E-state index in [-0.39, 0.29) is 18.3 Å². The SMILES string of the molecule is COc1ccccc1NC(=O)c1cc2occc2n1Cc1ccccc1F. The van der Waals surface area contributed by atoms with Crippen LogP contribution in [0.15, 0.2) is 71.3 Å². The molecule has 0 aliphatic heterocycles. The predicted molar refractivity (Wildman–Crippen MR) is 101 cm³/mol. The number of fused-ring (bicyclic) bond motifs is 1. The van der Waals surface area contributed by atoms with Crippen LogP contribution in [-0.2, 0) is 6.54 Å². The van der Waals surface area contributed by atoms with Crippen LogP contribution in [-0.4, -0.2) is 17.6 Å². The van der Waals surface area contributed by atoms with Crippen molar-refractivity contribution >= 4 is 22.7 Å². The summed E-state index contributed by atoms with van der Waals surface area (Å²) < 4.78 is 26.6. The minimum Gasteiger partial charge on any atom is -0.495 e. The molecule has 1 amide bonds. The van der Waals surface area contributed by atoms with Gasteiger partial charge in [0.1, 0.15) is 17.3 Å². The Kier molecular flexibility index (Phi) is 4.38. The van der Waals surface area contributed by atoms with Crippen molar-refractivity contribution in [1.82, 2.24) is 4.57 Å². The molecule has 5 nitrogen and oxygen atoms in total. The molecule has 0 fully saturated rings. The minimum atomic E-state index is -0.331. The van der Waals surface area contributed by atoms with Gasteiger partial charge in [-0.1, -0.05) is 30.3 Å². The van der Waals surface area contributed by atoms with E-state index >= 15 is 0 Å². The van der Waals surface area contributed by atoms with Crippen molar-refractivity contribution in [2.75, 3.05) is 12.4 Å². The van der Waals surface area contributed by atoms with Crippen molar-refractivity contribution in [2.24, 2.45) is 0 Å². The van der Waals surface area contributed by atoms with Crippen LogP contribution in [0.4, 0.5) is 10.1 Å². The Morgan fingerprint density at radius 2 is 1.93 bits per heavy atom. The third-order valence-corrected chi connectivity index (χ3v) is 4.40. The number of amides is 1. The van der Waals surface area contributed by atoms with Crippen molar-refractivity contribution in [2.45, 2.75) is 6.54 Å². The van der Waals surface area contributed by atoms with Crippen molar-refractivity contribution in [3.05, 3.63) is 84.0 Å². The molecule has 1 N–H and O–H groups in total. The van der Waals surface area contributed by atoms with Gasteiger partial charge in [-0.2, -0.15) is 0 Å². The van der Waals surface area contributed by atoms with Crippen LogP contribution in [0.1, 0.15) is 16.1 Å². The normalized spacial score (nSPS) is 10.9. The molecule has 2 heterocycles. The number of para-hydroxylation sites is 2. The molecule has 4 rings (SSSR count). The van der Waals surface area contributed by atoms with Gasteiger partial charge in [0.25, 0.3) is 5.91 Å². The lowest BCUT2D eigenvalue weighted by molar-refractivity contribution is 0.101. The van der Waals surface area contributed by atoms with Gasteiger partial charge >= 0.3 is 0 Å². The zero-order chi connectivity index (χ0) is 18.8. The second-order valence-electron chi connectivity index (χ2n) is 6.03. The number of furan rings is 1. The highest BCUT2D eigenvalue weighted by atomic mass is 19.1. The number of methoxy groups -OCH3 is 1. The van der Waals surface area contributed by atoms with Crippen LogP contribution in [0, 0.1) is 5.82 Å². The molecule has 0 radical (unpaired) electrons. The fourth-order valence-electron chi connectivity index (χ4n) is 3.07. The molecular weight excluding hydrogens is 347 g/mol. The van der Waals surface area contributed by atoms with Crippen LogP contribution < -0.4 is 10.1 Å². The summed E-state index contributed by atoms with van der Waals surface area (Å²) in [6, 6.07) is 17.1. The summed E-state index contributed by atoms with van der Waals surface area (Å²) in [6.07, 6.45) is 1.55. The summed E-state index contributed by atoms with van der Waals surface area (Å²) in [6.45, 7) is 0.213. The third-order valence-electron chi connectivity index (χ3n) is 4.40. The average molecular weight is 364 g/mol. The number of nitrogens with one attached hydrogen (secondary N) is 1. The van der Waals surface area contributed by atoms with E-state index in [1.54, 1.807) is 60.4 Å². The molecule has 0 aliphatic carbocycles. The first-order valence-electron chi connectivity index (χ1n) is 8.42. The van der Waals surface area contributed by atoms with Gasteiger partial charge in [0.15, 0.2) is 5.58 Å². The van der Waals surface area contributed by atoms with Gasteiger partial charge in [-0.15, -0.1) is 0 Å². The second kappa shape index (κ2) is 6.99. The van der Waals surface area contributed by atoms with Crippen molar-refractivity contribution in [1.29, 1.82) is 0 Å². The molecule has 2 aromatic heterocycles. The summed E-state index contributed by atoms with van der Waals surface area (Å²) in [5.74, 6) is -0.0945. The topological polar surface area (TPSA) is 56.4 Å². The molecule has 136 valence electrons. The van der Waals surface area contributed by atoms with Crippen molar-refractivity contribution < 1.29 is 18.3 Å². The maximum absolute atomic E-state index is 14.1. The first kappa shape index (κ1) is 16.9. The maximum Gasteiger partial charge on any atom is 0.272 e. The van der Waals surface area contributed by atoms with E-state index in [1.807, 2.05) is 12.1 Å². The summed E-state index contributed by atoms with van der Waals surface area (Å²) in [7, 11) is 1.54. The number of hydrogen-bond donors (Lipinski definition) is 1. The Balaban J connectivity index is 1.72. The lowest BCUT2D eigenvalue weighted by atomic mass is 10.2. The molecule has 0 unspecified atom stereocenters. The number of benzene rings is 2. The number of carbonyl (C=O) groups excluding carboxylic acids is 1. The molecule has 0 atom stereocenters. The van der Waals surface area contributed by atoms with Crippen LogP contribution in [0.25, 0.3) is 11.1 Å². The monoisotopic (exact) mass is 364 g/mol. The molecule has 0 saturated carbocycles. The van der Waals surface area contributed by atoms with Gasteiger partial charge in [0.2, 0.25) is 0 Å². The van der Waals surface area contributed by atoms with E-state index in [9.17, 15) is 9.18 Å². The first-order valence-corrected chi connectivity index (χ1v) is 8.42. The zero-order valence-corrected chi connectivity index (χ0v) is 14.6. The Morgan fingerprint density at radius 1 is 1.15 bits per heavy atom. The number of aromatic nitrogens is 1. The molecule has 0 bridgehead atoms. The van der Waals surface area contributed by atoms with Gasteiger partial charge in [0, 0.05) is 17.7 Å². The van der Waals surface area contributed by atoms with E-state index in [2.05, 4.69) is 5.32 Å². The van der Waals surface area contributed by atoms with Crippen molar-refractivity contribution in [3.63, 3.8) is 0 Å². The number of hydrogen-bond acceptors (Lipinski definition) is 3. The summed E-state index contributed by atoms with van der Waals surface area (Å²) in [4.78, 5) is 12.9. The quantitative estimate of drug-likeness (QED) is 0.559. The van der Waals surface area contributed by atoms with Gasteiger partial charge in [-0.25, -0.2) is 4.39 Å². The highest BCUT2D eigenvalue weighted by molar-refractivity contribution is 6.06. The Labute approximate surface area is 155 Å². The summed E-state index contributed by atoms with van der Waals surface area (Å²) in [5, 5.41) is 2.85. The Hall–Kier alpha value is -3.54. The summed E-state index contributed by atoms with van der Waals surface area (Å²) >= 11 is 0. The number of ether oxygens (including phenoxy) is 1. The number of carbonyl (C=O) groups is 1. The number of nitrogens with zero attached hydrogens (tertiary/aromatic N) is 1. The number of halogens is 1. The van der Waals surface area contributed by atoms with Crippen LogP contribution in [0.5, 0.6) is 5.75 Å². The van der Waals surface area contributed by atoms with Crippen molar-refractivity contribution in [3.8, 4) is 5.75 Å². The number of anilines is 1. The van der Waals surface area contributed by atoms with Gasteiger partial charge in [0.05, 0.1) is 31.1 Å². The molecule has 0 aliphatic rings. The largest absolute Gasteiger partial charge is 0.495 e.